The van der Waals surface area contributed by atoms with E-state index in [2.05, 4.69) is 15.4 Å². The summed E-state index contributed by atoms with van der Waals surface area (Å²) in [7, 11) is 1.66. The Morgan fingerprint density at radius 3 is 2.28 bits per heavy atom. The first kappa shape index (κ1) is 19.1. The molecule has 2 heterocycles. The Bertz CT molecular complexity index is 947. The highest BCUT2D eigenvalue weighted by molar-refractivity contribution is 5.76. The predicted molar refractivity (Wildman–Crippen MR) is 107 cm³/mol. The van der Waals surface area contributed by atoms with Crippen LogP contribution in [0.2, 0.25) is 0 Å². The average molecular weight is 393 g/mol. The molecule has 1 saturated heterocycles. The van der Waals surface area contributed by atoms with Crippen molar-refractivity contribution in [1.29, 1.82) is 0 Å². The minimum Gasteiger partial charge on any atom is -0.497 e. The standard InChI is InChI=1S/C21H23N5O3/c1-28-19-8-6-17(7-9-19)16-2-4-18(5-3-16)21-22-24-26(23-21)11-10-20(27)25-12-14-29-15-13-25/h2-9H,10-15H2,1H3. The lowest BCUT2D eigenvalue weighted by Gasteiger charge is -2.26. The number of nitrogens with zero attached hydrogens (tertiary/aromatic N) is 5. The maximum absolute atomic E-state index is 12.2. The van der Waals surface area contributed by atoms with Crippen LogP contribution in [0.3, 0.4) is 0 Å². The Balaban J connectivity index is 1.37. The molecule has 1 aliphatic heterocycles. The molecule has 29 heavy (non-hydrogen) atoms. The second kappa shape index (κ2) is 8.83. The highest BCUT2D eigenvalue weighted by atomic mass is 16.5. The first-order valence-electron chi connectivity index (χ1n) is 9.61. The molecule has 4 rings (SSSR count). The van der Waals surface area contributed by atoms with Crippen molar-refractivity contribution in [2.24, 2.45) is 0 Å². The van der Waals surface area contributed by atoms with Crippen LogP contribution in [0, 0.1) is 0 Å². The van der Waals surface area contributed by atoms with Crippen molar-refractivity contribution in [3.63, 3.8) is 0 Å². The van der Waals surface area contributed by atoms with E-state index in [0.717, 1.165) is 22.4 Å². The lowest BCUT2D eigenvalue weighted by molar-refractivity contribution is -0.135. The number of aromatic nitrogens is 4. The molecule has 8 nitrogen and oxygen atoms in total. The summed E-state index contributed by atoms with van der Waals surface area (Å²) in [5, 5.41) is 12.6. The molecule has 0 atom stereocenters. The Morgan fingerprint density at radius 1 is 1.00 bits per heavy atom. The molecule has 1 amide bonds. The lowest BCUT2D eigenvalue weighted by atomic mass is 10.0. The molecule has 0 saturated carbocycles. The van der Waals surface area contributed by atoms with E-state index in [1.807, 2.05) is 53.4 Å². The minimum atomic E-state index is 0.0935. The molecular formula is C21H23N5O3. The van der Waals surface area contributed by atoms with E-state index in [1.165, 1.54) is 4.80 Å². The summed E-state index contributed by atoms with van der Waals surface area (Å²) in [6.07, 6.45) is 0.353. The van der Waals surface area contributed by atoms with Gasteiger partial charge < -0.3 is 14.4 Å². The summed E-state index contributed by atoms with van der Waals surface area (Å²) in [5.74, 6) is 1.47. The van der Waals surface area contributed by atoms with Crippen LogP contribution < -0.4 is 4.74 Å². The second-order valence-corrected chi connectivity index (χ2v) is 6.76. The van der Waals surface area contributed by atoms with Gasteiger partial charge in [-0.2, -0.15) is 4.80 Å². The van der Waals surface area contributed by atoms with Gasteiger partial charge in [0, 0.05) is 25.1 Å². The number of carbonyl (C=O) groups excluding carboxylic acids is 1. The van der Waals surface area contributed by atoms with Crippen LogP contribution in [0.15, 0.2) is 48.5 Å². The third-order valence-electron chi connectivity index (χ3n) is 4.91. The van der Waals surface area contributed by atoms with E-state index >= 15 is 0 Å². The summed E-state index contributed by atoms with van der Waals surface area (Å²) in [6.45, 7) is 2.91. The Morgan fingerprint density at radius 2 is 1.62 bits per heavy atom. The van der Waals surface area contributed by atoms with Gasteiger partial charge in [-0.25, -0.2) is 0 Å². The third-order valence-corrected chi connectivity index (χ3v) is 4.91. The molecule has 0 bridgehead atoms. The molecule has 1 aliphatic rings. The topological polar surface area (TPSA) is 82.4 Å². The van der Waals surface area contributed by atoms with E-state index in [0.29, 0.717) is 45.1 Å². The second-order valence-electron chi connectivity index (χ2n) is 6.76. The fraction of sp³-hybridized carbons (Fsp3) is 0.333. The SMILES string of the molecule is COc1ccc(-c2ccc(-c3nnn(CCC(=O)N4CCOCC4)n3)cc2)cc1. The first-order valence-corrected chi connectivity index (χ1v) is 9.61. The Kier molecular flexibility index (Phi) is 5.81. The lowest BCUT2D eigenvalue weighted by Crippen LogP contribution is -2.41. The number of ether oxygens (including phenoxy) is 2. The third kappa shape index (κ3) is 4.60. The molecule has 0 radical (unpaired) electrons. The molecule has 0 N–H and O–H groups in total. The van der Waals surface area contributed by atoms with E-state index < -0.39 is 0 Å². The zero-order chi connectivity index (χ0) is 20.1. The van der Waals surface area contributed by atoms with Crippen LogP contribution in [0.1, 0.15) is 6.42 Å². The van der Waals surface area contributed by atoms with Crippen molar-refractivity contribution in [1.82, 2.24) is 25.1 Å². The van der Waals surface area contributed by atoms with Crippen LogP contribution in [0.5, 0.6) is 5.75 Å². The number of rotatable bonds is 6. The number of tetrazole rings is 1. The average Bonchev–Trinajstić information content (AvgIpc) is 3.27. The molecule has 150 valence electrons. The molecule has 2 aromatic carbocycles. The van der Waals surface area contributed by atoms with Crippen LogP contribution >= 0.6 is 0 Å². The normalized spacial score (nSPS) is 14.0. The number of aryl methyl sites for hydroxylation is 1. The molecule has 1 aromatic heterocycles. The zero-order valence-corrected chi connectivity index (χ0v) is 16.3. The number of hydrogen-bond donors (Lipinski definition) is 0. The minimum absolute atomic E-state index is 0.0935. The maximum Gasteiger partial charge on any atom is 0.224 e. The summed E-state index contributed by atoms with van der Waals surface area (Å²) in [5.41, 5.74) is 3.09. The largest absolute Gasteiger partial charge is 0.497 e. The molecule has 1 fully saturated rings. The van der Waals surface area contributed by atoms with E-state index in [9.17, 15) is 4.79 Å². The number of hydrogen-bond acceptors (Lipinski definition) is 6. The van der Waals surface area contributed by atoms with Gasteiger partial charge in [-0.15, -0.1) is 10.2 Å². The molecule has 8 heteroatoms. The summed E-state index contributed by atoms with van der Waals surface area (Å²) in [6, 6.07) is 15.9. The van der Waals surface area contributed by atoms with Gasteiger partial charge >= 0.3 is 0 Å². The highest BCUT2D eigenvalue weighted by Crippen LogP contribution is 2.24. The van der Waals surface area contributed by atoms with Crippen LogP contribution in [0.4, 0.5) is 0 Å². The summed E-state index contributed by atoms with van der Waals surface area (Å²) >= 11 is 0. The molecule has 0 spiro atoms. The first-order chi connectivity index (χ1) is 14.2. The smallest absolute Gasteiger partial charge is 0.224 e. The van der Waals surface area contributed by atoms with Gasteiger partial charge in [0.05, 0.1) is 26.9 Å². The van der Waals surface area contributed by atoms with Gasteiger partial charge in [-0.1, -0.05) is 36.4 Å². The van der Waals surface area contributed by atoms with Crippen molar-refractivity contribution >= 4 is 5.91 Å². The number of carbonyl (C=O) groups is 1. The van der Waals surface area contributed by atoms with Gasteiger partial charge in [0.1, 0.15) is 5.75 Å². The van der Waals surface area contributed by atoms with E-state index in [-0.39, 0.29) is 5.91 Å². The summed E-state index contributed by atoms with van der Waals surface area (Å²) in [4.78, 5) is 15.5. The van der Waals surface area contributed by atoms with E-state index in [4.69, 9.17) is 9.47 Å². The monoisotopic (exact) mass is 393 g/mol. The molecule has 0 aliphatic carbocycles. The fourth-order valence-electron chi connectivity index (χ4n) is 3.22. The number of amides is 1. The van der Waals surface area contributed by atoms with Crippen molar-refractivity contribution in [2.75, 3.05) is 33.4 Å². The summed E-state index contributed by atoms with van der Waals surface area (Å²) < 4.78 is 10.5. The Labute approximate surface area is 169 Å². The van der Waals surface area contributed by atoms with Gasteiger partial charge in [0.15, 0.2) is 0 Å². The highest BCUT2D eigenvalue weighted by Gasteiger charge is 2.17. The molecule has 3 aromatic rings. The van der Waals surface area contributed by atoms with Gasteiger partial charge in [0.2, 0.25) is 11.7 Å². The van der Waals surface area contributed by atoms with Gasteiger partial charge in [-0.05, 0) is 28.5 Å². The quantitative estimate of drug-likeness (QED) is 0.639. The number of benzene rings is 2. The van der Waals surface area contributed by atoms with Crippen LogP contribution in [-0.4, -0.2) is 64.4 Å². The molecule has 0 unspecified atom stereocenters. The number of methoxy groups -OCH3 is 1. The van der Waals surface area contributed by atoms with E-state index in [1.54, 1.807) is 7.11 Å². The fourth-order valence-corrected chi connectivity index (χ4v) is 3.22. The zero-order valence-electron chi connectivity index (χ0n) is 16.3. The maximum atomic E-state index is 12.2. The van der Waals surface area contributed by atoms with Crippen molar-refractivity contribution < 1.29 is 14.3 Å². The van der Waals surface area contributed by atoms with Gasteiger partial charge in [0.25, 0.3) is 0 Å². The van der Waals surface area contributed by atoms with Gasteiger partial charge in [-0.3, -0.25) is 4.79 Å². The number of morpholine rings is 1. The van der Waals surface area contributed by atoms with Crippen LogP contribution in [0.25, 0.3) is 22.5 Å². The van der Waals surface area contributed by atoms with Crippen molar-refractivity contribution in [3.05, 3.63) is 48.5 Å². The van der Waals surface area contributed by atoms with Crippen LogP contribution in [-0.2, 0) is 16.1 Å². The Hall–Kier alpha value is -3.26. The predicted octanol–water partition coefficient (Wildman–Crippen LogP) is 2.26. The van der Waals surface area contributed by atoms with Crippen molar-refractivity contribution in [3.8, 4) is 28.3 Å². The van der Waals surface area contributed by atoms with Crippen molar-refractivity contribution in [2.45, 2.75) is 13.0 Å². The molecular weight excluding hydrogens is 370 g/mol.